The Morgan fingerprint density at radius 2 is 1.20 bits per heavy atom. The van der Waals surface area contributed by atoms with Crippen molar-refractivity contribution in [3.05, 3.63) is 0 Å². The average molecular weight is 246 g/mol. The molecule has 0 saturated heterocycles. The van der Waals surface area contributed by atoms with Gasteiger partial charge in [0.2, 0.25) is 0 Å². The topological polar surface area (TPSA) is 0 Å². The summed E-state index contributed by atoms with van der Waals surface area (Å²) < 4.78 is 0. The Hall–Kier alpha value is 1.45. The smallest absolute Gasteiger partial charge is 0.121 e. The van der Waals surface area contributed by atoms with Crippen molar-refractivity contribution < 1.29 is 0 Å². The van der Waals surface area contributed by atoms with Crippen molar-refractivity contribution >= 4 is 58.0 Å². The molecule has 1 unspecified atom stereocenters. The van der Waals surface area contributed by atoms with Crippen molar-refractivity contribution in [2.75, 3.05) is 11.8 Å². The highest BCUT2D eigenvalue weighted by Crippen LogP contribution is 2.01. The molecule has 0 aromatic carbocycles. The van der Waals surface area contributed by atoms with E-state index in [9.17, 15) is 0 Å². The molecule has 64 valence electrons. The van der Waals surface area contributed by atoms with E-state index in [-0.39, 0.29) is 5.38 Å². The third-order valence-electron chi connectivity index (χ3n) is 0.329. The standard InChI is InChI=1S/C3H6Cl2.C2H3Cl3/c1-3(5)2-4;3-1-2(4)5/h3H,2H2,1H3;2H,1H2. The lowest BCUT2D eigenvalue weighted by Gasteiger charge is -1.85. The number of rotatable bonds is 2. The lowest BCUT2D eigenvalue weighted by molar-refractivity contribution is 1.11. The number of hydrogen-bond acceptors (Lipinski definition) is 0. The zero-order chi connectivity index (χ0) is 8.57. The molecule has 0 amide bonds. The first-order chi connectivity index (χ1) is 4.54. The minimum Gasteiger partial charge on any atom is -0.125 e. The van der Waals surface area contributed by atoms with Crippen molar-refractivity contribution in [2.24, 2.45) is 0 Å². The largest absolute Gasteiger partial charge is 0.125 e. The normalized spacial score (nSPS) is 12.3. The molecule has 0 heterocycles. The molecule has 0 saturated carbocycles. The molecule has 0 nitrogen and oxygen atoms in total. The predicted octanol–water partition coefficient (Wildman–Crippen LogP) is 3.88. The molecule has 0 aromatic heterocycles. The molecule has 0 radical (unpaired) electrons. The SMILES string of the molecule is CC(Cl)CCl.ClCC(Cl)Cl. The summed E-state index contributed by atoms with van der Waals surface area (Å²) in [5, 5.41) is 0.122. The van der Waals surface area contributed by atoms with Gasteiger partial charge in [-0.1, -0.05) is 0 Å². The highest BCUT2D eigenvalue weighted by atomic mass is 35.5. The van der Waals surface area contributed by atoms with Crippen LogP contribution in [0.1, 0.15) is 6.92 Å². The van der Waals surface area contributed by atoms with Crippen LogP contribution >= 0.6 is 58.0 Å². The van der Waals surface area contributed by atoms with E-state index in [1.807, 2.05) is 6.92 Å². The first-order valence-corrected chi connectivity index (χ1v) is 4.96. The van der Waals surface area contributed by atoms with Crippen LogP contribution in [0.25, 0.3) is 0 Å². The minimum atomic E-state index is -0.406. The van der Waals surface area contributed by atoms with Crippen molar-refractivity contribution in [3.8, 4) is 0 Å². The van der Waals surface area contributed by atoms with Gasteiger partial charge in [0.15, 0.2) is 0 Å². The molecule has 5 heteroatoms. The van der Waals surface area contributed by atoms with Crippen LogP contribution in [0.4, 0.5) is 0 Å². The fraction of sp³-hybridized carbons (Fsp3) is 1.00. The van der Waals surface area contributed by atoms with Crippen LogP contribution in [0.5, 0.6) is 0 Å². The second kappa shape index (κ2) is 10.4. The second-order valence-corrected chi connectivity index (χ2v) is 4.12. The maximum atomic E-state index is 5.33. The van der Waals surface area contributed by atoms with Gasteiger partial charge < -0.3 is 0 Å². The summed E-state index contributed by atoms with van der Waals surface area (Å²) >= 11 is 25.8. The summed E-state index contributed by atoms with van der Waals surface area (Å²) in [5.74, 6) is 0.852. The summed E-state index contributed by atoms with van der Waals surface area (Å²) in [6.45, 7) is 1.86. The molecule has 0 aliphatic heterocycles. The third-order valence-corrected chi connectivity index (χ3v) is 2.04. The molecule has 0 spiro atoms. The van der Waals surface area contributed by atoms with Gasteiger partial charge in [-0.25, -0.2) is 0 Å². The molecule has 0 N–H and O–H groups in total. The van der Waals surface area contributed by atoms with Crippen LogP contribution in [0.2, 0.25) is 0 Å². The minimum absolute atomic E-state index is 0.122. The molecule has 10 heavy (non-hydrogen) atoms. The van der Waals surface area contributed by atoms with E-state index in [2.05, 4.69) is 0 Å². The van der Waals surface area contributed by atoms with Crippen LogP contribution in [0, 0.1) is 0 Å². The Morgan fingerprint density at radius 3 is 1.20 bits per heavy atom. The molecule has 0 bridgehead atoms. The third kappa shape index (κ3) is 22.7. The Kier molecular flexibility index (Phi) is 14.6. The van der Waals surface area contributed by atoms with E-state index in [0.29, 0.717) is 11.8 Å². The zero-order valence-electron chi connectivity index (χ0n) is 5.46. The summed E-state index contributed by atoms with van der Waals surface area (Å²) in [6.07, 6.45) is 0. The van der Waals surface area contributed by atoms with Crippen molar-refractivity contribution in [3.63, 3.8) is 0 Å². The van der Waals surface area contributed by atoms with E-state index in [4.69, 9.17) is 58.0 Å². The summed E-state index contributed by atoms with van der Waals surface area (Å²) in [4.78, 5) is -0.406. The van der Waals surface area contributed by atoms with Gasteiger partial charge in [0.05, 0.1) is 5.88 Å². The quantitative estimate of drug-likeness (QED) is 0.649. The number of alkyl halides is 5. The van der Waals surface area contributed by atoms with Gasteiger partial charge >= 0.3 is 0 Å². The van der Waals surface area contributed by atoms with Gasteiger partial charge in [0, 0.05) is 11.3 Å². The Balaban J connectivity index is 0. The van der Waals surface area contributed by atoms with E-state index >= 15 is 0 Å². The van der Waals surface area contributed by atoms with Gasteiger partial charge in [-0.2, -0.15) is 0 Å². The van der Waals surface area contributed by atoms with Gasteiger partial charge in [-0.15, -0.1) is 58.0 Å². The van der Waals surface area contributed by atoms with Gasteiger partial charge in [-0.05, 0) is 6.92 Å². The first kappa shape index (κ1) is 14.0. The maximum absolute atomic E-state index is 5.33. The number of hydrogen-bond donors (Lipinski definition) is 0. The molecular formula is C5H9Cl5. The van der Waals surface area contributed by atoms with E-state index in [1.54, 1.807) is 0 Å². The lowest BCUT2D eigenvalue weighted by atomic mass is 10.6. The number of halogens is 5. The molecule has 0 aliphatic rings. The van der Waals surface area contributed by atoms with Crippen molar-refractivity contribution in [2.45, 2.75) is 17.1 Å². The fourth-order valence-electron chi connectivity index (χ4n) is 0. The zero-order valence-corrected chi connectivity index (χ0v) is 9.24. The Labute approximate surface area is 86.7 Å². The van der Waals surface area contributed by atoms with E-state index in [1.165, 1.54) is 0 Å². The molecule has 0 aromatic rings. The summed E-state index contributed by atoms with van der Waals surface area (Å²) in [6, 6.07) is 0. The molecule has 0 aliphatic carbocycles. The molecule has 0 fully saturated rings. The van der Waals surface area contributed by atoms with Gasteiger partial charge in [0.25, 0.3) is 0 Å². The second-order valence-electron chi connectivity index (χ2n) is 1.48. The van der Waals surface area contributed by atoms with Crippen LogP contribution in [0.3, 0.4) is 0 Å². The van der Waals surface area contributed by atoms with Crippen LogP contribution < -0.4 is 0 Å². The molecule has 0 rings (SSSR count). The maximum Gasteiger partial charge on any atom is 0.121 e. The van der Waals surface area contributed by atoms with Crippen LogP contribution in [-0.4, -0.2) is 22.0 Å². The van der Waals surface area contributed by atoms with Crippen molar-refractivity contribution in [1.82, 2.24) is 0 Å². The van der Waals surface area contributed by atoms with Gasteiger partial charge in [-0.3, -0.25) is 0 Å². The van der Waals surface area contributed by atoms with Crippen LogP contribution in [0.15, 0.2) is 0 Å². The lowest BCUT2D eigenvalue weighted by Crippen LogP contribution is -1.87. The summed E-state index contributed by atoms with van der Waals surface area (Å²) in [5.41, 5.74) is 0. The van der Waals surface area contributed by atoms with Gasteiger partial charge in [0.1, 0.15) is 4.84 Å². The first-order valence-electron chi connectivity index (χ1n) is 2.58. The highest BCUT2D eigenvalue weighted by molar-refractivity contribution is 6.47. The average Bonchev–Trinajstić information content (AvgIpc) is 1.89. The predicted molar refractivity (Wildman–Crippen MR) is 52.2 cm³/mol. The Morgan fingerprint density at radius 1 is 1.00 bits per heavy atom. The van der Waals surface area contributed by atoms with E-state index < -0.39 is 4.84 Å². The monoisotopic (exact) mass is 244 g/mol. The molecule has 1 atom stereocenters. The Bertz CT molecular complexity index is 46.0. The summed E-state index contributed by atoms with van der Waals surface area (Å²) in [7, 11) is 0. The highest BCUT2D eigenvalue weighted by Gasteiger charge is 1.88. The van der Waals surface area contributed by atoms with Crippen LogP contribution in [-0.2, 0) is 0 Å². The van der Waals surface area contributed by atoms with Crippen molar-refractivity contribution in [1.29, 1.82) is 0 Å². The van der Waals surface area contributed by atoms with E-state index in [0.717, 1.165) is 0 Å². The molecular weight excluding hydrogens is 237 g/mol. The fourth-order valence-corrected chi connectivity index (χ4v) is 0.